The Morgan fingerprint density at radius 2 is 2.18 bits per heavy atom. The molecule has 2 rings (SSSR count). The van der Waals surface area contributed by atoms with Gasteiger partial charge in [0.05, 0.1) is 6.33 Å². The van der Waals surface area contributed by atoms with Crippen molar-refractivity contribution in [1.29, 1.82) is 0 Å². The van der Waals surface area contributed by atoms with Gasteiger partial charge in [0.25, 0.3) is 0 Å². The summed E-state index contributed by atoms with van der Waals surface area (Å²) in [5, 5.41) is 18.9. The summed E-state index contributed by atoms with van der Waals surface area (Å²) >= 11 is 0. The smallest absolute Gasteiger partial charge is 0.312 e. The van der Waals surface area contributed by atoms with Crippen molar-refractivity contribution in [2.45, 2.75) is 12.5 Å². The zero-order chi connectivity index (χ0) is 12.3. The van der Waals surface area contributed by atoms with Gasteiger partial charge in [-0.3, -0.25) is 4.79 Å². The molecule has 1 heterocycles. The van der Waals surface area contributed by atoms with Crippen molar-refractivity contribution in [1.82, 2.24) is 9.55 Å². The molecule has 1 aromatic heterocycles. The fourth-order valence-electron chi connectivity index (χ4n) is 1.70. The van der Waals surface area contributed by atoms with E-state index in [1.807, 2.05) is 0 Å². The minimum atomic E-state index is -0.972. The lowest BCUT2D eigenvalue weighted by Crippen LogP contribution is -2.17. The van der Waals surface area contributed by atoms with Gasteiger partial charge in [-0.05, 0) is 6.07 Å². The van der Waals surface area contributed by atoms with Gasteiger partial charge in [0.15, 0.2) is 0 Å². The number of para-hydroxylation sites is 1. The van der Waals surface area contributed by atoms with Gasteiger partial charge in [0.2, 0.25) is 0 Å². The van der Waals surface area contributed by atoms with Crippen LogP contribution in [0.3, 0.4) is 0 Å². The second-order valence-electron chi connectivity index (χ2n) is 3.71. The summed E-state index contributed by atoms with van der Waals surface area (Å²) in [5.41, 5.74) is 0.411. The maximum Gasteiger partial charge on any atom is 0.312 e. The van der Waals surface area contributed by atoms with Crippen LogP contribution in [0, 0.1) is 0 Å². The summed E-state index contributed by atoms with van der Waals surface area (Å²) in [6, 6.07) is 6.47. The SMILES string of the molecule is O=C(O)C(Cn1ccnc1)c1ccccc1O. The molecule has 0 aliphatic carbocycles. The first-order valence-electron chi connectivity index (χ1n) is 5.15. The number of aromatic hydroxyl groups is 1. The summed E-state index contributed by atoms with van der Waals surface area (Å²) in [7, 11) is 0. The quantitative estimate of drug-likeness (QED) is 0.836. The summed E-state index contributed by atoms with van der Waals surface area (Å²) in [4.78, 5) is 15.1. The predicted octanol–water partition coefficient (Wildman–Crippen LogP) is 1.46. The highest BCUT2D eigenvalue weighted by Crippen LogP contribution is 2.26. The maximum atomic E-state index is 11.2. The van der Waals surface area contributed by atoms with E-state index in [0.717, 1.165) is 0 Å². The molecule has 2 aromatic rings. The van der Waals surface area contributed by atoms with Crippen LogP contribution in [-0.2, 0) is 11.3 Å². The minimum absolute atomic E-state index is 0.0000142. The number of carboxylic acid groups (broad SMARTS) is 1. The van der Waals surface area contributed by atoms with Gasteiger partial charge in [0.1, 0.15) is 11.7 Å². The van der Waals surface area contributed by atoms with Gasteiger partial charge < -0.3 is 14.8 Å². The van der Waals surface area contributed by atoms with Crippen molar-refractivity contribution in [3.8, 4) is 5.75 Å². The van der Waals surface area contributed by atoms with Crippen LogP contribution in [0.4, 0.5) is 0 Å². The van der Waals surface area contributed by atoms with E-state index in [4.69, 9.17) is 0 Å². The summed E-state index contributed by atoms with van der Waals surface area (Å²) in [5.74, 6) is -1.76. The van der Waals surface area contributed by atoms with Crippen molar-refractivity contribution in [2.24, 2.45) is 0 Å². The molecule has 0 spiro atoms. The molecule has 0 saturated carbocycles. The van der Waals surface area contributed by atoms with Crippen LogP contribution in [0.5, 0.6) is 5.75 Å². The Morgan fingerprint density at radius 3 is 2.76 bits per heavy atom. The molecule has 2 N–H and O–H groups in total. The number of nitrogens with zero attached hydrogens (tertiary/aromatic N) is 2. The minimum Gasteiger partial charge on any atom is -0.508 e. The third kappa shape index (κ3) is 2.44. The van der Waals surface area contributed by atoms with Crippen molar-refractivity contribution >= 4 is 5.97 Å². The number of aliphatic carboxylic acids is 1. The van der Waals surface area contributed by atoms with Gasteiger partial charge >= 0.3 is 5.97 Å². The average Bonchev–Trinajstić information content (AvgIpc) is 2.79. The van der Waals surface area contributed by atoms with E-state index in [9.17, 15) is 15.0 Å². The Labute approximate surface area is 98.0 Å². The van der Waals surface area contributed by atoms with Gasteiger partial charge in [0, 0.05) is 24.5 Å². The predicted molar refractivity (Wildman–Crippen MR) is 60.7 cm³/mol. The Kier molecular flexibility index (Phi) is 3.09. The highest BCUT2D eigenvalue weighted by molar-refractivity contribution is 5.77. The lowest BCUT2D eigenvalue weighted by Gasteiger charge is -2.14. The maximum absolute atomic E-state index is 11.2. The van der Waals surface area contributed by atoms with Crippen molar-refractivity contribution < 1.29 is 15.0 Å². The van der Waals surface area contributed by atoms with E-state index in [-0.39, 0.29) is 12.3 Å². The monoisotopic (exact) mass is 232 g/mol. The second kappa shape index (κ2) is 4.69. The van der Waals surface area contributed by atoms with E-state index in [2.05, 4.69) is 4.98 Å². The standard InChI is InChI=1S/C12H12N2O3/c15-11-4-2-1-3-9(11)10(12(16)17)7-14-6-5-13-8-14/h1-6,8,10,15H,7H2,(H,16,17). The van der Waals surface area contributed by atoms with Crippen LogP contribution in [-0.4, -0.2) is 25.7 Å². The third-order valence-electron chi connectivity index (χ3n) is 2.56. The molecule has 5 nitrogen and oxygen atoms in total. The molecule has 1 unspecified atom stereocenters. The van der Waals surface area contributed by atoms with Crippen LogP contribution in [0.15, 0.2) is 43.0 Å². The highest BCUT2D eigenvalue weighted by Gasteiger charge is 2.22. The average molecular weight is 232 g/mol. The number of aromatic nitrogens is 2. The molecule has 0 aliphatic rings. The first-order valence-corrected chi connectivity index (χ1v) is 5.15. The lowest BCUT2D eigenvalue weighted by atomic mass is 9.98. The largest absolute Gasteiger partial charge is 0.508 e. The second-order valence-corrected chi connectivity index (χ2v) is 3.71. The molecule has 1 atom stereocenters. The molecule has 1 aromatic carbocycles. The molecule has 0 amide bonds. The molecule has 0 saturated heterocycles. The molecule has 0 bridgehead atoms. The third-order valence-corrected chi connectivity index (χ3v) is 2.56. The molecule has 0 radical (unpaired) electrons. The first kappa shape index (κ1) is 11.2. The van der Waals surface area contributed by atoms with Crippen LogP contribution in [0.2, 0.25) is 0 Å². The molecular formula is C12H12N2O3. The fraction of sp³-hybridized carbons (Fsp3) is 0.167. The number of phenolic OH excluding ortho intramolecular Hbond substituents is 1. The number of phenols is 1. The number of hydrogen-bond donors (Lipinski definition) is 2. The van der Waals surface area contributed by atoms with Crippen LogP contribution in [0.1, 0.15) is 11.5 Å². The number of hydrogen-bond acceptors (Lipinski definition) is 3. The van der Waals surface area contributed by atoms with E-state index >= 15 is 0 Å². The molecule has 0 fully saturated rings. The van der Waals surface area contributed by atoms with E-state index < -0.39 is 11.9 Å². The number of carboxylic acids is 1. The van der Waals surface area contributed by atoms with E-state index in [1.165, 1.54) is 6.07 Å². The van der Waals surface area contributed by atoms with Crippen LogP contribution < -0.4 is 0 Å². The number of rotatable bonds is 4. The Morgan fingerprint density at radius 1 is 1.41 bits per heavy atom. The van der Waals surface area contributed by atoms with Gasteiger partial charge in [-0.15, -0.1) is 0 Å². The van der Waals surface area contributed by atoms with Gasteiger partial charge in [-0.1, -0.05) is 18.2 Å². The Bertz CT molecular complexity index is 508. The van der Waals surface area contributed by atoms with Gasteiger partial charge in [-0.2, -0.15) is 0 Å². The lowest BCUT2D eigenvalue weighted by molar-refractivity contribution is -0.139. The number of imidazole rings is 1. The normalized spacial score (nSPS) is 12.2. The van der Waals surface area contributed by atoms with Crippen molar-refractivity contribution in [2.75, 3.05) is 0 Å². The zero-order valence-corrected chi connectivity index (χ0v) is 9.02. The summed E-state index contributed by atoms with van der Waals surface area (Å²) in [6.07, 6.45) is 4.83. The van der Waals surface area contributed by atoms with E-state index in [1.54, 1.807) is 41.5 Å². The molecule has 17 heavy (non-hydrogen) atoms. The number of benzene rings is 1. The first-order chi connectivity index (χ1) is 8.18. The Balaban J connectivity index is 2.30. The summed E-state index contributed by atoms with van der Waals surface area (Å²) < 4.78 is 1.67. The topological polar surface area (TPSA) is 75.3 Å². The molecular weight excluding hydrogens is 220 g/mol. The molecule has 5 heteroatoms. The highest BCUT2D eigenvalue weighted by atomic mass is 16.4. The fourth-order valence-corrected chi connectivity index (χ4v) is 1.70. The zero-order valence-electron chi connectivity index (χ0n) is 9.02. The summed E-state index contributed by atoms with van der Waals surface area (Å²) in [6.45, 7) is 0.243. The van der Waals surface area contributed by atoms with Gasteiger partial charge in [-0.25, -0.2) is 4.98 Å². The van der Waals surface area contributed by atoms with Crippen molar-refractivity contribution in [3.05, 3.63) is 48.5 Å². The Hall–Kier alpha value is -2.30. The van der Waals surface area contributed by atoms with Crippen molar-refractivity contribution in [3.63, 3.8) is 0 Å². The van der Waals surface area contributed by atoms with Crippen LogP contribution in [0.25, 0.3) is 0 Å². The number of carbonyl (C=O) groups is 1. The molecule has 88 valence electrons. The van der Waals surface area contributed by atoms with E-state index in [0.29, 0.717) is 5.56 Å². The molecule has 0 aliphatic heterocycles. The van der Waals surface area contributed by atoms with Crippen LogP contribution >= 0.6 is 0 Å².